The number of methoxy groups -OCH3 is 1. The van der Waals surface area contributed by atoms with Gasteiger partial charge < -0.3 is 15.0 Å². The van der Waals surface area contributed by atoms with Crippen LogP contribution in [0.4, 0.5) is 0 Å². The zero-order valence-corrected chi connectivity index (χ0v) is 13.6. The van der Waals surface area contributed by atoms with E-state index in [4.69, 9.17) is 4.74 Å². The van der Waals surface area contributed by atoms with Gasteiger partial charge in [-0.25, -0.2) is 0 Å². The third-order valence-electron chi connectivity index (χ3n) is 3.66. The predicted molar refractivity (Wildman–Crippen MR) is 81.8 cm³/mol. The second-order valence-corrected chi connectivity index (χ2v) is 6.70. The Morgan fingerprint density at radius 3 is 2.40 bits per heavy atom. The zero-order chi connectivity index (χ0) is 15.0. The lowest BCUT2D eigenvalue weighted by Gasteiger charge is -2.36. The van der Waals surface area contributed by atoms with E-state index in [1.165, 1.54) is 6.42 Å². The Hall–Kier alpha value is -0.650. The van der Waals surface area contributed by atoms with Gasteiger partial charge in [-0.05, 0) is 18.4 Å². The fraction of sp³-hybridized carbons (Fsp3) is 0.933. The molecular formula is C15H31N3O2. The van der Waals surface area contributed by atoms with Gasteiger partial charge >= 0.3 is 0 Å². The maximum atomic E-state index is 12.0. The molecule has 1 heterocycles. The van der Waals surface area contributed by atoms with Crippen LogP contribution < -0.4 is 5.32 Å². The maximum Gasteiger partial charge on any atom is 0.236 e. The second kappa shape index (κ2) is 8.60. The van der Waals surface area contributed by atoms with Crippen molar-refractivity contribution in [1.82, 2.24) is 15.1 Å². The molecule has 0 atom stereocenters. The monoisotopic (exact) mass is 285 g/mol. The Bertz CT molecular complexity index is 281. The number of hydrogen-bond donors (Lipinski definition) is 1. The standard InChI is InChI=1S/C15H31N3O2/c1-15(2,3)5-7-17-8-10-18(11-9-17)14(19)13-16-6-12-20-4/h16H,5-13H2,1-4H3. The predicted octanol–water partition coefficient (Wildman–Crippen LogP) is 0.803. The third kappa shape index (κ3) is 7.22. The number of carbonyl (C=O) groups excluding carboxylic acids is 1. The molecule has 5 nitrogen and oxygen atoms in total. The summed E-state index contributed by atoms with van der Waals surface area (Å²) < 4.78 is 4.94. The van der Waals surface area contributed by atoms with Crippen LogP contribution >= 0.6 is 0 Å². The molecule has 0 unspecified atom stereocenters. The minimum absolute atomic E-state index is 0.205. The van der Waals surface area contributed by atoms with E-state index < -0.39 is 0 Å². The van der Waals surface area contributed by atoms with Crippen LogP contribution in [-0.2, 0) is 9.53 Å². The van der Waals surface area contributed by atoms with Gasteiger partial charge in [-0.15, -0.1) is 0 Å². The van der Waals surface area contributed by atoms with E-state index >= 15 is 0 Å². The summed E-state index contributed by atoms with van der Waals surface area (Å²) in [7, 11) is 1.67. The topological polar surface area (TPSA) is 44.8 Å². The number of nitrogens with one attached hydrogen (secondary N) is 1. The van der Waals surface area contributed by atoms with E-state index in [2.05, 4.69) is 31.0 Å². The van der Waals surface area contributed by atoms with Crippen molar-refractivity contribution in [3.8, 4) is 0 Å². The molecular weight excluding hydrogens is 254 g/mol. The smallest absolute Gasteiger partial charge is 0.236 e. The highest BCUT2D eigenvalue weighted by atomic mass is 16.5. The molecule has 5 heteroatoms. The lowest BCUT2D eigenvalue weighted by Crippen LogP contribution is -2.51. The molecule has 1 amide bonds. The van der Waals surface area contributed by atoms with Crippen LogP contribution in [0, 0.1) is 5.41 Å². The molecule has 1 N–H and O–H groups in total. The summed E-state index contributed by atoms with van der Waals surface area (Å²) >= 11 is 0. The van der Waals surface area contributed by atoms with Gasteiger partial charge in [0, 0.05) is 39.8 Å². The fourth-order valence-electron chi connectivity index (χ4n) is 2.20. The minimum atomic E-state index is 0.205. The average Bonchev–Trinajstić information content (AvgIpc) is 2.41. The van der Waals surface area contributed by atoms with Crippen molar-refractivity contribution < 1.29 is 9.53 Å². The maximum absolute atomic E-state index is 12.0. The lowest BCUT2D eigenvalue weighted by molar-refractivity contribution is -0.132. The number of nitrogens with zero attached hydrogens (tertiary/aromatic N) is 2. The number of amides is 1. The molecule has 1 aliphatic heterocycles. The normalized spacial score (nSPS) is 17.5. The number of hydrogen-bond acceptors (Lipinski definition) is 4. The molecule has 0 aromatic carbocycles. The van der Waals surface area contributed by atoms with Gasteiger partial charge in [0.1, 0.15) is 0 Å². The van der Waals surface area contributed by atoms with E-state index in [1.807, 2.05) is 4.90 Å². The first-order valence-corrected chi connectivity index (χ1v) is 7.62. The Kier molecular flexibility index (Phi) is 7.48. The number of ether oxygens (including phenoxy) is 1. The van der Waals surface area contributed by atoms with Gasteiger partial charge in [-0.1, -0.05) is 20.8 Å². The van der Waals surface area contributed by atoms with Gasteiger partial charge in [0.2, 0.25) is 5.91 Å². The molecule has 0 bridgehead atoms. The highest BCUT2D eigenvalue weighted by Gasteiger charge is 2.21. The molecule has 0 radical (unpaired) electrons. The van der Waals surface area contributed by atoms with E-state index in [0.717, 1.165) is 39.3 Å². The minimum Gasteiger partial charge on any atom is -0.383 e. The molecule has 0 aromatic heterocycles. The lowest BCUT2D eigenvalue weighted by atomic mass is 9.92. The quantitative estimate of drug-likeness (QED) is 0.703. The number of piperazine rings is 1. The first kappa shape index (κ1) is 17.4. The van der Waals surface area contributed by atoms with Crippen molar-refractivity contribution in [2.24, 2.45) is 5.41 Å². The highest BCUT2D eigenvalue weighted by molar-refractivity contribution is 5.78. The molecule has 118 valence electrons. The van der Waals surface area contributed by atoms with E-state index in [-0.39, 0.29) is 5.91 Å². The Labute approximate surface area is 123 Å². The van der Waals surface area contributed by atoms with Crippen molar-refractivity contribution in [3.05, 3.63) is 0 Å². The van der Waals surface area contributed by atoms with Crippen LogP contribution in [0.2, 0.25) is 0 Å². The molecule has 1 fully saturated rings. The van der Waals surface area contributed by atoms with Gasteiger partial charge in [-0.3, -0.25) is 9.69 Å². The Morgan fingerprint density at radius 1 is 1.20 bits per heavy atom. The number of rotatable bonds is 7. The molecule has 1 saturated heterocycles. The van der Waals surface area contributed by atoms with Crippen molar-refractivity contribution in [1.29, 1.82) is 0 Å². The summed E-state index contributed by atoms with van der Waals surface area (Å²) in [4.78, 5) is 16.4. The molecule has 0 aliphatic carbocycles. The van der Waals surface area contributed by atoms with Crippen molar-refractivity contribution >= 4 is 5.91 Å². The van der Waals surface area contributed by atoms with Crippen LogP contribution in [0.15, 0.2) is 0 Å². The van der Waals surface area contributed by atoms with Crippen LogP contribution in [0.5, 0.6) is 0 Å². The van der Waals surface area contributed by atoms with E-state index in [0.29, 0.717) is 18.6 Å². The summed E-state index contributed by atoms with van der Waals surface area (Å²) in [6.07, 6.45) is 1.21. The van der Waals surface area contributed by atoms with Crippen molar-refractivity contribution in [3.63, 3.8) is 0 Å². The Morgan fingerprint density at radius 2 is 1.85 bits per heavy atom. The third-order valence-corrected chi connectivity index (χ3v) is 3.66. The highest BCUT2D eigenvalue weighted by Crippen LogP contribution is 2.19. The van der Waals surface area contributed by atoms with Gasteiger partial charge in [0.25, 0.3) is 0 Å². The van der Waals surface area contributed by atoms with Crippen LogP contribution in [-0.4, -0.2) is 75.2 Å². The molecule has 20 heavy (non-hydrogen) atoms. The van der Waals surface area contributed by atoms with Crippen LogP contribution in [0.3, 0.4) is 0 Å². The molecule has 0 spiro atoms. The van der Waals surface area contributed by atoms with Crippen molar-refractivity contribution in [2.45, 2.75) is 27.2 Å². The summed E-state index contributed by atoms with van der Waals surface area (Å²) in [5, 5.41) is 3.11. The van der Waals surface area contributed by atoms with Crippen molar-refractivity contribution in [2.75, 3.05) is 59.5 Å². The van der Waals surface area contributed by atoms with Crippen LogP contribution in [0.25, 0.3) is 0 Å². The first-order valence-electron chi connectivity index (χ1n) is 7.62. The summed E-state index contributed by atoms with van der Waals surface area (Å²) in [6.45, 7) is 13.5. The first-order chi connectivity index (χ1) is 9.42. The molecule has 0 saturated carbocycles. The van der Waals surface area contributed by atoms with E-state index in [9.17, 15) is 4.79 Å². The second-order valence-electron chi connectivity index (χ2n) is 6.70. The van der Waals surface area contributed by atoms with Gasteiger partial charge in [0.05, 0.1) is 13.2 Å². The summed E-state index contributed by atoms with van der Waals surface area (Å²) in [5.74, 6) is 0.205. The Balaban J connectivity index is 2.16. The molecule has 1 aliphatic rings. The van der Waals surface area contributed by atoms with Gasteiger partial charge in [0.15, 0.2) is 0 Å². The number of carbonyl (C=O) groups is 1. The largest absolute Gasteiger partial charge is 0.383 e. The summed E-state index contributed by atoms with van der Waals surface area (Å²) in [5.41, 5.74) is 0.387. The average molecular weight is 285 g/mol. The van der Waals surface area contributed by atoms with Gasteiger partial charge in [-0.2, -0.15) is 0 Å². The van der Waals surface area contributed by atoms with Crippen LogP contribution in [0.1, 0.15) is 27.2 Å². The fourth-order valence-corrected chi connectivity index (χ4v) is 2.20. The van der Waals surface area contributed by atoms with E-state index in [1.54, 1.807) is 7.11 Å². The summed E-state index contributed by atoms with van der Waals surface area (Å²) in [6, 6.07) is 0. The SMILES string of the molecule is COCCNCC(=O)N1CCN(CCC(C)(C)C)CC1. The molecule has 1 rings (SSSR count). The molecule has 0 aromatic rings. The zero-order valence-electron chi connectivity index (χ0n) is 13.6.